The smallest absolute Gasteiger partial charge is 0.223 e. The van der Waals surface area contributed by atoms with Gasteiger partial charge in [-0.15, -0.1) is 0 Å². The van der Waals surface area contributed by atoms with E-state index in [4.69, 9.17) is 9.72 Å². The summed E-state index contributed by atoms with van der Waals surface area (Å²) in [6.45, 7) is 2.72. The topological polar surface area (TPSA) is 54.5 Å². The van der Waals surface area contributed by atoms with Crippen molar-refractivity contribution < 1.29 is 9.53 Å². The first kappa shape index (κ1) is 24.8. The van der Waals surface area contributed by atoms with Crippen LogP contribution in [0.5, 0.6) is 0 Å². The molecule has 0 bridgehead atoms. The minimum atomic E-state index is 0.0583. The van der Waals surface area contributed by atoms with E-state index in [1.54, 1.807) is 0 Å². The summed E-state index contributed by atoms with van der Waals surface area (Å²) in [6, 6.07) is 13.9. The van der Waals surface area contributed by atoms with Crippen molar-refractivity contribution in [3.63, 3.8) is 0 Å². The van der Waals surface area contributed by atoms with Crippen LogP contribution < -0.4 is 5.32 Å². The first-order valence-corrected chi connectivity index (χ1v) is 15.3. The van der Waals surface area contributed by atoms with Gasteiger partial charge in [0, 0.05) is 42.9 Å². The van der Waals surface area contributed by atoms with Crippen LogP contribution in [-0.2, 0) is 21.4 Å². The first-order chi connectivity index (χ1) is 18.6. The number of carbonyl (C=O) groups is 1. The van der Waals surface area contributed by atoms with Gasteiger partial charge in [-0.1, -0.05) is 37.1 Å². The molecule has 2 saturated carbocycles. The number of benzene rings is 1. The van der Waals surface area contributed by atoms with Crippen molar-refractivity contribution in [1.29, 1.82) is 0 Å². The number of amides is 1. The van der Waals surface area contributed by atoms with E-state index in [2.05, 4.69) is 40.5 Å². The van der Waals surface area contributed by atoms with Crippen molar-refractivity contribution in [3.05, 3.63) is 65.0 Å². The minimum absolute atomic E-state index is 0.0583. The summed E-state index contributed by atoms with van der Waals surface area (Å²) in [5.41, 5.74) is 5.75. The van der Waals surface area contributed by atoms with Crippen LogP contribution >= 0.6 is 0 Å². The van der Waals surface area contributed by atoms with Crippen LogP contribution in [0.15, 0.2) is 42.6 Å². The van der Waals surface area contributed by atoms with Crippen molar-refractivity contribution in [2.24, 2.45) is 5.92 Å². The third-order valence-electron chi connectivity index (χ3n) is 10.5. The second-order valence-electron chi connectivity index (χ2n) is 12.9. The molecule has 3 atom stereocenters. The average Bonchev–Trinajstić information content (AvgIpc) is 3.66. The van der Waals surface area contributed by atoms with Crippen molar-refractivity contribution >= 4 is 5.91 Å². The number of hydrogen-bond acceptors (Lipinski definition) is 4. The lowest BCUT2D eigenvalue weighted by Gasteiger charge is -2.47. The fourth-order valence-corrected chi connectivity index (χ4v) is 8.37. The molecule has 202 valence electrons. The first-order valence-electron chi connectivity index (χ1n) is 15.3. The molecule has 1 saturated heterocycles. The Balaban J connectivity index is 1.09. The zero-order chi connectivity index (χ0) is 25.6. The van der Waals surface area contributed by atoms with E-state index >= 15 is 0 Å². The van der Waals surface area contributed by atoms with Crippen molar-refractivity contribution in [2.75, 3.05) is 19.7 Å². The molecule has 7 rings (SSSR count). The molecule has 2 aromatic rings. The maximum atomic E-state index is 13.2. The number of ether oxygens (including phenoxy) is 1. The highest BCUT2D eigenvalue weighted by Gasteiger charge is 2.48. The van der Waals surface area contributed by atoms with Crippen LogP contribution in [0.25, 0.3) is 0 Å². The predicted molar refractivity (Wildman–Crippen MR) is 149 cm³/mol. The number of nitrogens with one attached hydrogen (secondary N) is 1. The molecule has 2 aliphatic heterocycles. The molecule has 0 radical (unpaired) electrons. The molecule has 1 amide bonds. The Morgan fingerprint density at radius 1 is 1.05 bits per heavy atom. The molecule has 1 spiro atoms. The SMILES string of the molecule is O=C(CC1CC1)N1CCc2cccc3c2C1CCC3NCC[C@@]1(c2ccccn2)CCOC2(CCCC2)C1. The molecule has 2 unspecified atom stereocenters. The summed E-state index contributed by atoms with van der Waals surface area (Å²) < 4.78 is 6.47. The van der Waals surface area contributed by atoms with E-state index in [0.29, 0.717) is 17.9 Å². The third-order valence-corrected chi connectivity index (χ3v) is 10.5. The average molecular weight is 514 g/mol. The number of rotatable bonds is 7. The normalized spacial score (nSPS) is 29.8. The molecule has 1 N–H and O–H groups in total. The van der Waals surface area contributed by atoms with Crippen molar-refractivity contribution in [2.45, 2.75) is 107 Å². The van der Waals surface area contributed by atoms with Crippen molar-refractivity contribution in [3.8, 4) is 0 Å². The molecule has 5 nitrogen and oxygen atoms in total. The highest BCUT2D eigenvalue weighted by Crippen LogP contribution is 2.50. The lowest BCUT2D eigenvalue weighted by Crippen LogP contribution is -2.48. The van der Waals surface area contributed by atoms with Gasteiger partial charge in [-0.25, -0.2) is 0 Å². The Kier molecular flexibility index (Phi) is 6.56. The number of nitrogens with zero attached hydrogens (tertiary/aromatic N) is 2. The summed E-state index contributed by atoms with van der Waals surface area (Å²) in [4.78, 5) is 20.3. The third kappa shape index (κ3) is 4.60. The second-order valence-corrected chi connectivity index (χ2v) is 12.9. The summed E-state index contributed by atoms with van der Waals surface area (Å²) >= 11 is 0. The van der Waals surface area contributed by atoms with Gasteiger partial charge in [-0.3, -0.25) is 9.78 Å². The molecular formula is C33H43N3O2. The van der Waals surface area contributed by atoms with Crippen LogP contribution in [0.1, 0.15) is 112 Å². The van der Waals surface area contributed by atoms with Crippen LogP contribution in [0.3, 0.4) is 0 Å². The lowest BCUT2D eigenvalue weighted by atomic mass is 9.68. The Morgan fingerprint density at radius 2 is 1.95 bits per heavy atom. The molecule has 38 heavy (non-hydrogen) atoms. The fourth-order valence-electron chi connectivity index (χ4n) is 8.37. The quantitative estimate of drug-likeness (QED) is 0.480. The van der Waals surface area contributed by atoms with Crippen LogP contribution in [-0.4, -0.2) is 41.1 Å². The van der Waals surface area contributed by atoms with Gasteiger partial charge in [0.05, 0.1) is 11.6 Å². The largest absolute Gasteiger partial charge is 0.375 e. The monoisotopic (exact) mass is 513 g/mol. The highest BCUT2D eigenvalue weighted by molar-refractivity contribution is 5.78. The molecule has 3 heterocycles. The van der Waals surface area contributed by atoms with E-state index in [-0.39, 0.29) is 17.1 Å². The predicted octanol–water partition coefficient (Wildman–Crippen LogP) is 6.18. The number of hydrogen-bond donors (Lipinski definition) is 1. The van der Waals surface area contributed by atoms with Gasteiger partial charge in [0.15, 0.2) is 0 Å². The van der Waals surface area contributed by atoms with Gasteiger partial charge < -0.3 is 15.0 Å². The molecule has 5 aliphatic rings. The maximum absolute atomic E-state index is 13.2. The summed E-state index contributed by atoms with van der Waals surface area (Å²) in [5, 5.41) is 4.01. The van der Waals surface area contributed by atoms with E-state index in [0.717, 1.165) is 64.6 Å². The van der Waals surface area contributed by atoms with Crippen molar-refractivity contribution in [1.82, 2.24) is 15.2 Å². The zero-order valence-electron chi connectivity index (χ0n) is 22.8. The van der Waals surface area contributed by atoms with Gasteiger partial charge in [-0.05, 0) is 105 Å². The fraction of sp³-hybridized carbons (Fsp3) is 0.636. The lowest BCUT2D eigenvalue weighted by molar-refractivity contribution is -0.135. The Bertz CT molecular complexity index is 1160. The standard InChI is InChI=1S/C33H43N3O2/c37-30(22-24-9-10-24)36-20-13-25-6-5-7-26-27(11-12-28(36)31(25)26)34-19-16-32(29-8-1-4-18-35-29)17-21-38-33(23-32)14-2-3-15-33/h1,4-8,18,24,27-28,34H,2-3,9-17,19-23H2/t27?,28?,32-/m1/s1. The summed E-state index contributed by atoms with van der Waals surface area (Å²) in [7, 11) is 0. The van der Waals surface area contributed by atoms with Gasteiger partial charge in [0.2, 0.25) is 5.91 Å². The number of aromatic nitrogens is 1. The van der Waals surface area contributed by atoms with Gasteiger partial charge in [0.1, 0.15) is 0 Å². The number of carbonyl (C=O) groups excluding carboxylic acids is 1. The van der Waals surface area contributed by atoms with E-state index < -0.39 is 0 Å². The molecule has 1 aromatic carbocycles. The Labute approximate surface area is 227 Å². The van der Waals surface area contributed by atoms with Crippen LogP contribution in [0, 0.1) is 5.92 Å². The highest BCUT2D eigenvalue weighted by atomic mass is 16.5. The van der Waals surface area contributed by atoms with Crippen LogP contribution in [0.2, 0.25) is 0 Å². The zero-order valence-corrected chi connectivity index (χ0v) is 22.8. The van der Waals surface area contributed by atoms with Gasteiger partial charge >= 0.3 is 0 Å². The maximum Gasteiger partial charge on any atom is 0.223 e. The van der Waals surface area contributed by atoms with E-state index in [1.165, 1.54) is 60.9 Å². The van der Waals surface area contributed by atoms with Gasteiger partial charge in [0.25, 0.3) is 0 Å². The van der Waals surface area contributed by atoms with E-state index in [9.17, 15) is 4.79 Å². The second kappa shape index (κ2) is 10.1. The molecular weight excluding hydrogens is 470 g/mol. The van der Waals surface area contributed by atoms with Crippen LogP contribution in [0.4, 0.5) is 0 Å². The number of pyridine rings is 1. The molecule has 3 fully saturated rings. The Hall–Kier alpha value is -2.24. The molecule has 3 aliphatic carbocycles. The summed E-state index contributed by atoms with van der Waals surface area (Å²) in [5.74, 6) is 1.04. The van der Waals surface area contributed by atoms with Gasteiger partial charge in [-0.2, -0.15) is 0 Å². The van der Waals surface area contributed by atoms with E-state index in [1.807, 2.05) is 12.3 Å². The Morgan fingerprint density at radius 3 is 2.76 bits per heavy atom. The molecule has 1 aromatic heterocycles. The molecule has 5 heteroatoms. The summed E-state index contributed by atoms with van der Waals surface area (Å²) in [6.07, 6.45) is 16.6. The minimum Gasteiger partial charge on any atom is -0.375 e.